The highest BCUT2D eigenvalue weighted by atomic mass is 19.4. The van der Waals surface area contributed by atoms with Gasteiger partial charge in [-0.05, 0) is 42.9 Å². The molecule has 1 N–H and O–H groups in total. The van der Waals surface area contributed by atoms with E-state index >= 15 is 0 Å². The van der Waals surface area contributed by atoms with Gasteiger partial charge in [-0.3, -0.25) is 9.97 Å². The number of aromatic nitrogens is 4. The lowest BCUT2D eigenvalue weighted by Gasteiger charge is -2.40. The summed E-state index contributed by atoms with van der Waals surface area (Å²) in [6, 6.07) is 5.09. The quantitative estimate of drug-likeness (QED) is 0.612. The summed E-state index contributed by atoms with van der Waals surface area (Å²) in [5, 5.41) is 9.86. The van der Waals surface area contributed by atoms with Gasteiger partial charge in [0.25, 0.3) is 0 Å². The van der Waals surface area contributed by atoms with Gasteiger partial charge in [0.1, 0.15) is 5.82 Å². The number of alkyl halides is 3. The summed E-state index contributed by atoms with van der Waals surface area (Å²) in [4.78, 5) is 32.1. The number of hydrogen-bond acceptors (Lipinski definition) is 6. The van der Waals surface area contributed by atoms with Crippen molar-refractivity contribution in [2.45, 2.75) is 31.9 Å². The summed E-state index contributed by atoms with van der Waals surface area (Å²) in [7, 11) is 0. The van der Waals surface area contributed by atoms with Gasteiger partial charge in [0.05, 0.1) is 17.6 Å². The first-order chi connectivity index (χ1) is 16.2. The predicted octanol–water partition coefficient (Wildman–Crippen LogP) is 4.16. The van der Waals surface area contributed by atoms with E-state index < -0.39 is 18.7 Å². The summed E-state index contributed by atoms with van der Waals surface area (Å²) in [6.07, 6.45) is 0.440. The molecule has 5 heterocycles. The lowest BCUT2D eigenvalue weighted by molar-refractivity contribution is -0.127. The number of piperidine rings is 1. The van der Waals surface area contributed by atoms with E-state index in [1.165, 1.54) is 11.1 Å². The summed E-state index contributed by atoms with van der Waals surface area (Å²) >= 11 is 0. The first-order valence-corrected chi connectivity index (χ1v) is 11.1. The minimum absolute atomic E-state index is 0.0609. The van der Waals surface area contributed by atoms with E-state index in [4.69, 9.17) is 4.98 Å². The van der Waals surface area contributed by atoms with Gasteiger partial charge < -0.3 is 14.9 Å². The van der Waals surface area contributed by atoms with Crippen LogP contribution in [0.5, 0.6) is 0 Å². The molecule has 11 heteroatoms. The molecule has 0 bridgehead atoms. The Labute approximate surface area is 193 Å². The van der Waals surface area contributed by atoms with Crippen LogP contribution in [-0.2, 0) is 6.42 Å². The van der Waals surface area contributed by atoms with Crippen molar-refractivity contribution in [3.63, 3.8) is 0 Å². The van der Waals surface area contributed by atoms with Gasteiger partial charge >= 0.3 is 12.3 Å². The fourth-order valence-corrected chi connectivity index (χ4v) is 4.98. The van der Waals surface area contributed by atoms with Crippen LogP contribution < -0.4 is 4.90 Å². The monoisotopic (exact) mass is 472 g/mol. The zero-order chi connectivity index (χ0) is 23.9. The largest absolute Gasteiger partial charge is 0.465 e. The lowest BCUT2D eigenvalue weighted by atomic mass is 9.78. The van der Waals surface area contributed by atoms with E-state index in [9.17, 15) is 23.1 Å². The number of carboxylic acid groups (broad SMARTS) is 1. The van der Waals surface area contributed by atoms with Gasteiger partial charge in [-0.1, -0.05) is 0 Å². The number of likely N-dealkylation sites (tertiary alicyclic amines) is 1. The van der Waals surface area contributed by atoms with Crippen molar-refractivity contribution < 1.29 is 23.1 Å². The summed E-state index contributed by atoms with van der Waals surface area (Å²) in [6.45, 7) is 2.31. The Bertz CT molecular complexity index is 1210. The Balaban J connectivity index is 1.53. The second-order valence-electron chi connectivity index (χ2n) is 8.99. The molecule has 2 aliphatic heterocycles. The van der Waals surface area contributed by atoms with Gasteiger partial charge in [-0.2, -0.15) is 13.2 Å². The summed E-state index contributed by atoms with van der Waals surface area (Å²) in [5.74, 6) is 0.894. The molecular formula is C23H23F3N6O2. The Kier molecular flexibility index (Phi) is 5.49. The van der Waals surface area contributed by atoms with E-state index in [1.54, 1.807) is 30.6 Å². The Morgan fingerprint density at radius 2 is 1.74 bits per heavy atom. The number of hydrogen-bond donors (Lipinski definition) is 1. The Hall–Kier alpha value is -3.50. The zero-order valence-electron chi connectivity index (χ0n) is 18.3. The fourth-order valence-electron chi connectivity index (χ4n) is 4.98. The predicted molar refractivity (Wildman–Crippen MR) is 118 cm³/mol. The molecule has 1 spiro atoms. The third-order valence-corrected chi connectivity index (χ3v) is 6.81. The first kappa shape index (κ1) is 22.3. The molecular weight excluding hydrogens is 449 g/mol. The molecule has 3 aromatic rings. The van der Waals surface area contributed by atoms with Crippen LogP contribution in [0.2, 0.25) is 0 Å². The van der Waals surface area contributed by atoms with Gasteiger partial charge in [0.2, 0.25) is 0 Å². The SMILES string of the molecule is O=C(O)N1CCC2(CCN(c3nc(-c4ccncc4)nc4c(CC(F)(F)F)nccc34)CC2)C1. The molecule has 0 saturated carbocycles. The Morgan fingerprint density at radius 3 is 2.38 bits per heavy atom. The highest BCUT2D eigenvalue weighted by molar-refractivity contribution is 5.92. The highest BCUT2D eigenvalue weighted by Gasteiger charge is 2.42. The number of nitrogens with zero attached hydrogens (tertiary/aromatic N) is 6. The standard InChI is InChI=1S/C23H23F3N6O2/c24-23(25,26)13-17-18-16(3-9-28-17)20(30-19(29-18)15-1-7-27-8-2-15)31-10-4-22(5-11-31)6-12-32(14-22)21(33)34/h1-3,7-9H,4-6,10-14H2,(H,33,34). The van der Waals surface area contributed by atoms with Gasteiger partial charge in [0.15, 0.2) is 5.82 Å². The average Bonchev–Trinajstić information content (AvgIpc) is 3.23. The van der Waals surface area contributed by atoms with E-state index in [2.05, 4.69) is 19.9 Å². The van der Waals surface area contributed by atoms with Crippen molar-refractivity contribution in [2.24, 2.45) is 5.41 Å². The molecule has 34 heavy (non-hydrogen) atoms. The van der Waals surface area contributed by atoms with Crippen molar-refractivity contribution in [1.29, 1.82) is 0 Å². The number of rotatable bonds is 3. The number of pyridine rings is 2. The number of anilines is 1. The van der Waals surface area contributed by atoms with Gasteiger partial charge in [-0.15, -0.1) is 0 Å². The van der Waals surface area contributed by atoms with E-state index in [1.807, 2.05) is 0 Å². The molecule has 0 aliphatic carbocycles. The zero-order valence-corrected chi connectivity index (χ0v) is 18.3. The van der Waals surface area contributed by atoms with Crippen LogP contribution in [0.1, 0.15) is 25.0 Å². The molecule has 0 aromatic carbocycles. The van der Waals surface area contributed by atoms with Gasteiger partial charge in [0, 0.05) is 55.7 Å². The number of amides is 1. The van der Waals surface area contributed by atoms with Crippen molar-refractivity contribution >= 4 is 22.8 Å². The molecule has 5 rings (SSSR count). The highest BCUT2D eigenvalue weighted by Crippen LogP contribution is 2.42. The number of carbonyl (C=O) groups is 1. The minimum atomic E-state index is -4.42. The van der Waals surface area contributed by atoms with Crippen LogP contribution in [0, 0.1) is 5.41 Å². The maximum Gasteiger partial charge on any atom is 0.407 e. The van der Waals surface area contributed by atoms with E-state index in [0.29, 0.717) is 48.8 Å². The molecule has 2 fully saturated rings. The van der Waals surface area contributed by atoms with Crippen molar-refractivity contribution in [3.05, 3.63) is 42.5 Å². The molecule has 1 amide bonds. The van der Waals surface area contributed by atoms with E-state index in [0.717, 1.165) is 19.3 Å². The van der Waals surface area contributed by atoms with Crippen LogP contribution in [0.15, 0.2) is 36.8 Å². The molecule has 0 radical (unpaired) electrons. The van der Waals surface area contributed by atoms with Crippen LogP contribution in [0.3, 0.4) is 0 Å². The normalized spacial score (nSPS) is 18.1. The second kappa shape index (κ2) is 8.37. The van der Waals surface area contributed by atoms with E-state index in [-0.39, 0.29) is 16.6 Å². The summed E-state index contributed by atoms with van der Waals surface area (Å²) < 4.78 is 39.8. The van der Waals surface area contributed by atoms with Crippen molar-refractivity contribution in [3.8, 4) is 11.4 Å². The van der Waals surface area contributed by atoms with Crippen LogP contribution in [-0.4, -0.2) is 68.4 Å². The maximum atomic E-state index is 13.3. The van der Waals surface area contributed by atoms with Crippen LogP contribution in [0.25, 0.3) is 22.3 Å². The first-order valence-electron chi connectivity index (χ1n) is 11.1. The average molecular weight is 472 g/mol. The molecule has 0 atom stereocenters. The molecule has 3 aromatic heterocycles. The molecule has 178 valence electrons. The van der Waals surface area contributed by atoms with Crippen molar-refractivity contribution in [1.82, 2.24) is 24.8 Å². The third-order valence-electron chi connectivity index (χ3n) is 6.81. The molecule has 8 nitrogen and oxygen atoms in total. The fraction of sp³-hybridized carbons (Fsp3) is 0.435. The van der Waals surface area contributed by atoms with Crippen LogP contribution in [0.4, 0.5) is 23.8 Å². The molecule has 2 saturated heterocycles. The summed E-state index contributed by atoms with van der Waals surface area (Å²) in [5.41, 5.74) is 0.649. The van der Waals surface area contributed by atoms with Crippen molar-refractivity contribution in [2.75, 3.05) is 31.1 Å². The number of fused-ring (bicyclic) bond motifs is 1. The topological polar surface area (TPSA) is 95.3 Å². The van der Waals surface area contributed by atoms with Crippen LogP contribution >= 0.6 is 0 Å². The number of halogens is 3. The minimum Gasteiger partial charge on any atom is -0.465 e. The maximum absolute atomic E-state index is 13.3. The molecule has 2 aliphatic rings. The Morgan fingerprint density at radius 1 is 1.03 bits per heavy atom. The van der Waals surface area contributed by atoms with Gasteiger partial charge in [-0.25, -0.2) is 14.8 Å². The smallest absolute Gasteiger partial charge is 0.407 e. The lowest BCUT2D eigenvalue weighted by Crippen LogP contribution is -2.42. The third kappa shape index (κ3) is 4.34. The second-order valence-corrected chi connectivity index (χ2v) is 8.99. The molecule has 0 unspecified atom stereocenters.